The van der Waals surface area contributed by atoms with Crippen LogP contribution in [0.15, 0.2) is 42.5 Å². The quantitative estimate of drug-likeness (QED) is 0.823. The van der Waals surface area contributed by atoms with Crippen LogP contribution in [-0.4, -0.2) is 12.5 Å². The van der Waals surface area contributed by atoms with Gasteiger partial charge < -0.3 is 4.90 Å². The highest BCUT2D eigenvalue weighted by molar-refractivity contribution is 5.95. The third-order valence-electron chi connectivity index (χ3n) is 3.90. The molecule has 0 atom stereocenters. The number of fused-ring (bicyclic) bond motifs is 1. The molecular formula is C18H18FNO. The van der Waals surface area contributed by atoms with Crippen molar-refractivity contribution in [3.05, 3.63) is 65.0 Å². The number of carbonyl (C=O) groups is 1. The molecule has 0 saturated carbocycles. The molecule has 1 aliphatic rings. The normalized spacial score (nSPS) is 13.9. The number of nitrogens with zero attached hydrogens (tertiary/aromatic N) is 1. The molecule has 1 heterocycles. The molecule has 0 aliphatic carbocycles. The van der Waals surface area contributed by atoms with E-state index in [2.05, 4.69) is 13.0 Å². The molecule has 1 aliphatic heterocycles. The summed E-state index contributed by atoms with van der Waals surface area (Å²) < 4.78 is 13.2. The van der Waals surface area contributed by atoms with Gasteiger partial charge in [0.05, 0.1) is 6.42 Å². The zero-order valence-corrected chi connectivity index (χ0v) is 12.1. The van der Waals surface area contributed by atoms with Gasteiger partial charge in [-0.15, -0.1) is 0 Å². The number of aryl methyl sites for hydroxylation is 2. The van der Waals surface area contributed by atoms with Crippen molar-refractivity contribution in [3.8, 4) is 0 Å². The molecule has 0 aromatic heterocycles. The Labute approximate surface area is 124 Å². The monoisotopic (exact) mass is 283 g/mol. The second-order valence-electron chi connectivity index (χ2n) is 5.59. The van der Waals surface area contributed by atoms with Gasteiger partial charge >= 0.3 is 0 Å². The molecule has 2 aromatic rings. The zero-order chi connectivity index (χ0) is 14.8. The molecule has 0 saturated heterocycles. The minimum atomic E-state index is -0.296. The van der Waals surface area contributed by atoms with Gasteiger partial charge in [0.25, 0.3) is 0 Å². The van der Waals surface area contributed by atoms with Gasteiger partial charge in [-0.1, -0.05) is 29.8 Å². The summed E-state index contributed by atoms with van der Waals surface area (Å²) in [7, 11) is 0. The number of benzene rings is 2. The van der Waals surface area contributed by atoms with Crippen molar-refractivity contribution in [2.45, 2.75) is 26.2 Å². The van der Waals surface area contributed by atoms with E-state index in [4.69, 9.17) is 0 Å². The van der Waals surface area contributed by atoms with E-state index in [1.54, 1.807) is 12.1 Å². The molecule has 1 amide bonds. The Balaban J connectivity index is 1.83. The highest BCUT2D eigenvalue weighted by Crippen LogP contribution is 2.28. The van der Waals surface area contributed by atoms with E-state index < -0.39 is 0 Å². The highest BCUT2D eigenvalue weighted by atomic mass is 19.1. The van der Waals surface area contributed by atoms with Crippen LogP contribution >= 0.6 is 0 Å². The third-order valence-corrected chi connectivity index (χ3v) is 3.90. The van der Waals surface area contributed by atoms with E-state index in [0.29, 0.717) is 0 Å². The summed E-state index contributed by atoms with van der Waals surface area (Å²) in [5, 5.41) is 0. The summed E-state index contributed by atoms with van der Waals surface area (Å²) >= 11 is 0. The fourth-order valence-electron chi connectivity index (χ4n) is 2.90. The third kappa shape index (κ3) is 2.97. The first kappa shape index (κ1) is 13.8. The second kappa shape index (κ2) is 5.68. The molecule has 2 aromatic carbocycles. The standard InChI is InChI=1S/C18H18FNO/c1-13-7-8-17-15(10-13)5-3-9-20(17)18(21)12-14-4-2-6-16(19)11-14/h2,4,6-8,10-11H,3,5,9,12H2,1H3. The van der Waals surface area contributed by atoms with Crippen LogP contribution in [0.25, 0.3) is 0 Å². The van der Waals surface area contributed by atoms with Crippen LogP contribution in [0.5, 0.6) is 0 Å². The molecule has 3 heteroatoms. The SMILES string of the molecule is Cc1ccc2c(c1)CCCN2C(=O)Cc1cccc(F)c1. The van der Waals surface area contributed by atoms with Crippen molar-refractivity contribution in [3.63, 3.8) is 0 Å². The van der Waals surface area contributed by atoms with Gasteiger partial charge in [0.15, 0.2) is 0 Å². The van der Waals surface area contributed by atoms with Crippen LogP contribution in [0, 0.1) is 12.7 Å². The Morgan fingerprint density at radius 3 is 2.90 bits per heavy atom. The number of halogens is 1. The lowest BCUT2D eigenvalue weighted by atomic mass is 9.99. The minimum absolute atomic E-state index is 0.0328. The van der Waals surface area contributed by atoms with Gasteiger partial charge in [-0.05, 0) is 49.1 Å². The van der Waals surface area contributed by atoms with E-state index in [-0.39, 0.29) is 18.1 Å². The van der Waals surface area contributed by atoms with Crippen LogP contribution in [0.3, 0.4) is 0 Å². The van der Waals surface area contributed by atoms with Gasteiger partial charge in [0.2, 0.25) is 5.91 Å². The maximum Gasteiger partial charge on any atom is 0.231 e. The van der Waals surface area contributed by atoms with Gasteiger partial charge in [0, 0.05) is 12.2 Å². The Morgan fingerprint density at radius 1 is 1.24 bits per heavy atom. The Bertz CT molecular complexity index is 681. The smallest absolute Gasteiger partial charge is 0.231 e. The van der Waals surface area contributed by atoms with Crippen molar-refractivity contribution in [1.29, 1.82) is 0 Å². The predicted molar refractivity (Wildman–Crippen MR) is 82.0 cm³/mol. The van der Waals surface area contributed by atoms with Crippen molar-refractivity contribution in [2.24, 2.45) is 0 Å². The van der Waals surface area contributed by atoms with Crippen molar-refractivity contribution < 1.29 is 9.18 Å². The lowest BCUT2D eigenvalue weighted by Gasteiger charge is -2.30. The van der Waals surface area contributed by atoms with Gasteiger partial charge in [-0.2, -0.15) is 0 Å². The van der Waals surface area contributed by atoms with Gasteiger partial charge in [-0.25, -0.2) is 4.39 Å². The molecule has 0 radical (unpaired) electrons. The number of hydrogen-bond donors (Lipinski definition) is 0. The van der Waals surface area contributed by atoms with E-state index >= 15 is 0 Å². The average molecular weight is 283 g/mol. The summed E-state index contributed by atoms with van der Waals surface area (Å²) in [6, 6.07) is 12.5. The minimum Gasteiger partial charge on any atom is -0.312 e. The summed E-state index contributed by atoms with van der Waals surface area (Å²) in [5.74, 6) is -0.264. The maximum atomic E-state index is 13.2. The molecule has 2 nitrogen and oxygen atoms in total. The zero-order valence-electron chi connectivity index (χ0n) is 12.1. The number of anilines is 1. The number of hydrogen-bond acceptors (Lipinski definition) is 1. The maximum absolute atomic E-state index is 13.2. The first-order valence-electron chi connectivity index (χ1n) is 7.28. The Morgan fingerprint density at radius 2 is 2.10 bits per heavy atom. The van der Waals surface area contributed by atoms with Gasteiger partial charge in [-0.3, -0.25) is 4.79 Å². The Kier molecular flexibility index (Phi) is 3.74. The number of amides is 1. The molecule has 21 heavy (non-hydrogen) atoms. The molecule has 0 unspecified atom stereocenters. The average Bonchev–Trinajstić information content (AvgIpc) is 2.46. The fraction of sp³-hybridized carbons (Fsp3) is 0.278. The van der Waals surface area contributed by atoms with Crippen molar-refractivity contribution in [2.75, 3.05) is 11.4 Å². The van der Waals surface area contributed by atoms with E-state index in [1.165, 1.54) is 23.3 Å². The lowest BCUT2D eigenvalue weighted by Crippen LogP contribution is -2.36. The van der Waals surface area contributed by atoms with Crippen molar-refractivity contribution >= 4 is 11.6 Å². The van der Waals surface area contributed by atoms with Crippen LogP contribution in [0.2, 0.25) is 0 Å². The topological polar surface area (TPSA) is 20.3 Å². The fourth-order valence-corrected chi connectivity index (χ4v) is 2.90. The number of carbonyl (C=O) groups excluding carboxylic acids is 1. The number of rotatable bonds is 2. The summed E-state index contributed by atoms with van der Waals surface area (Å²) in [4.78, 5) is 14.4. The molecule has 0 bridgehead atoms. The summed E-state index contributed by atoms with van der Waals surface area (Å²) in [5.41, 5.74) is 4.18. The molecular weight excluding hydrogens is 265 g/mol. The summed E-state index contributed by atoms with van der Waals surface area (Å²) in [6.45, 7) is 2.80. The first-order chi connectivity index (χ1) is 10.1. The highest BCUT2D eigenvalue weighted by Gasteiger charge is 2.22. The molecule has 0 fully saturated rings. The predicted octanol–water partition coefficient (Wildman–Crippen LogP) is 3.66. The largest absolute Gasteiger partial charge is 0.312 e. The van der Waals surface area contributed by atoms with Crippen LogP contribution in [-0.2, 0) is 17.6 Å². The molecule has 108 valence electrons. The van der Waals surface area contributed by atoms with Crippen LogP contribution in [0.1, 0.15) is 23.1 Å². The second-order valence-corrected chi connectivity index (χ2v) is 5.59. The molecule has 0 spiro atoms. The van der Waals surface area contributed by atoms with Crippen LogP contribution in [0.4, 0.5) is 10.1 Å². The Hall–Kier alpha value is -2.16. The van der Waals surface area contributed by atoms with Crippen molar-refractivity contribution in [1.82, 2.24) is 0 Å². The van der Waals surface area contributed by atoms with E-state index in [9.17, 15) is 9.18 Å². The lowest BCUT2D eigenvalue weighted by molar-refractivity contribution is -0.118. The first-order valence-corrected chi connectivity index (χ1v) is 7.28. The van der Waals surface area contributed by atoms with Gasteiger partial charge in [0.1, 0.15) is 5.82 Å². The summed E-state index contributed by atoms with van der Waals surface area (Å²) in [6.07, 6.45) is 2.23. The van der Waals surface area contributed by atoms with E-state index in [0.717, 1.165) is 30.6 Å². The van der Waals surface area contributed by atoms with E-state index in [1.807, 2.05) is 17.0 Å². The van der Waals surface area contributed by atoms with Crippen LogP contribution < -0.4 is 4.90 Å². The molecule has 3 rings (SSSR count). The molecule has 0 N–H and O–H groups in total.